The molecule has 0 aromatic carbocycles. The molecule has 0 spiro atoms. The van der Waals surface area contributed by atoms with Gasteiger partial charge in [-0.25, -0.2) is 0 Å². The molecule has 1 heterocycles. The van der Waals surface area contributed by atoms with Crippen LogP contribution >= 0.6 is 0 Å². The summed E-state index contributed by atoms with van der Waals surface area (Å²) in [6.07, 6.45) is 7.07. The van der Waals surface area contributed by atoms with Crippen molar-refractivity contribution in [3.05, 3.63) is 0 Å². The first-order chi connectivity index (χ1) is 6.81. The lowest BCUT2D eigenvalue weighted by atomic mass is 9.78. The Bertz CT molecular complexity index is 169. The molecule has 2 rings (SSSR count). The Morgan fingerprint density at radius 2 is 1.86 bits per heavy atom. The minimum atomic E-state index is 0.705. The predicted octanol–water partition coefficient (Wildman–Crippen LogP) is 1.85. The number of nitrogens with two attached hydrogens (primary N) is 1. The van der Waals surface area contributed by atoms with Gasteiger partial charge in [-0.05, 0) is 44.2 Å². The van der Waals surface area contributed by atoms with Crippen LogP contribution in [-0.2, 0) is 0 Å². The summed E-state index contributed by atoms with van der Waals surface area (Å²) in [5.41, 5.74) is 5.91. The van der Waals surface area contributed by atoms with Crippen LogP contribution in [-0.4, -0.2) is 30.6 Å². The van der Waals surface area contributed by atoms with Crippen LogP contribution in [0.25, 0.3) is 0 Å². The zero-order chi connectivity index (χ0) is 9.97. The molecule has 14 heavy (non-hydrogen) atoms. The van der Waals surface area contributed by atoms with E-state index in [-0.39, 0.29) is 0 Å². The van der Waals surface area contributed by atoms with Crippen LogP contribution in [0, 0.1) is 11.8 Å². The van der Waals surface area contributed by atoms with Crippen LogP contribution in [0.15, 0.2) is 0 Å². The molecule has 0 aromatic rings. The highest BCUT2D eigenvalue weighted by atomic mass is 15.2. The molecular formula is C12H24N2. The molecule has 1 saturated carbocycles. The van der Waals surface area contributed by atoms with Gasteiger partial charge in [0.15, 0.2) is 0 Å². The Morgan fingerprint density at radius 3 is 2.29 bits per heavy atom. The molecule has 0 bridgehead atoms. The molecule has 0 radical (unpaired) electrons. The van der Waals surface area contributed by atoms with Crippen LogP contribution in [0.1, 0.15) is 39.0 Å². The first-order valence-corrected chi connectivity index (χ1v) is 6.25. The van der Waals surface area contributed by atoms with Gasteiger partial charge in [0.2, 0.25) is 0 Å². The van der Waals surface area contributed by atoms with Crippen LogP contribution < -0.4 is 5.73 Å². The van der Waals surface area contributed by atoms with Crippen LogP contribution in [0.3, 0.4) is 0 Å². The number of likely N-dealkylation sites (tertiary alicyclic amines) is 1. The minimum absolute atomic E-state index is 0.705. The van der Waals surface area contributed by atoms with E-state index < -0.39 is 0 Å². The van der Waals surface area contributed by atoms with E-state index in [2.05, 4.69) is 11.8 Å². The molecule has 0 aromatic heterocycles. The summed E-state index contributed by atoms with van der Waals surface area (Å²) in [6, 6.07) is 0.705. The summed E-state index contributed by atoms with van der Waals surface area (Å²) in [7, 11) is 0. The minimum Gasteiger partial charge on any atom is -0.329 e. The lowest BCUT2D eigenvalue weighted by Gasteiger charge is -2.43. The third kappa shape index (κ3) is 2.12. The molecule has 1 saturated heterocycles. The Balaban J connectivity index is 1.84. The SMILES string of the molecule is CC1CCC(C(CN)N2CCC2)CC1. The van der Waals surface area contributed by atoms with Crippen molar-refractivity contribution in [2.45, 2.75) is 45.1 Å². The lowest BCUT2D eigenvalue weighted by molar-refractivity contribution is 0.0618. The van der Waals surface area contributed by atoms with E-state index in [4.69, 9.17) is 5.73 Å². The number of hydrogen-bond acceptors (Lipinski definition) is 2. The zero-order valence-electron chi connectivity index (χ0n) is 9.41. The van der Waals surface area contributed by atoms with E-state index in [9.17, 15) is 0 Å². The van der Waals surface area contributed by atoms with Crippen LogP contribution in [0.5, 0.6) is 0 Å². The lowest BCUT2D eigenvalue weighted by Crippen LogP contribution is -2.52. The normalized spacial score (nSPS) is 36.4. The smallest absolute Gasteiger partial charge is 0.0246 e. The second kappa shape index (κ2) is 4.63. The molecule has 2 fully saturated rings. The third-order valence-electron chi connectivity index (χ3n) is 4.21. The van der Waals surface area contributed by atoms with E-state index in [0.717, 1.165) is 18.4 Å². The van der Waals surface area contributed by atoms with E-state index >= 15 is 0 Å². The van der Waals surface area contributed by atoms with Crippen molar-refractivity contribution in [3.63, 3.8) is 0 Å². The largest absolute Gasteiger partial charge is 0.329 e. The Morgan fingerprint density at radius 1 is 1.21 bits per heavy atom. The summed E-state index contributed by atoms with van der Waals surface area (Å²) in [4.78, 5) is 2.60. The summed E-state index contributed by atoms with van der Waals surface area (Å²) in [5, 5.41) is 0. The van der Waals surface area contributed by atoms with Crippen molar-refractivity contribution >= 4 is 0 Å². The topological polar surface area (TPSA) is 29.3 Å². The van der Waals surface area contributed by atoms with Gasteiger partial charge in [-0.1, -0.05) is 19.8 Å². The molecule has 2 aliphatic rings. The fourth-order valence-electron chi connectivity index (χ4n) is 2.98. The summed E-state index contributed by atoms with van der Waals surface area (Å²) in [6.45, 7) is 5.86. The van der Waals surface area contributed by atoms with Crippen molar-refractivity contribution in [2.24, 2.45) is 17.6 Å². The van der Waals surface area contributed by atoms with Gasteiger partial charge < -0.3 is 5.73 Å². The number of hydrogen-bond donors (Lipinski definition) is 1. The van der Waals surface area contributed by atoms with E-state index in [1.807, 2.05) is 0 Å². The van der Waals surface area contributed by atoms with Crippen molar-refractivity contribution in [1.29, 1.82) is 0 Å². The second-order valence-corrected chi connectivity index (χ2v) is 5.21. The van der Waals surface area contributed by atoms with E-state index in [1.54, 1.807) is 0 Å². The van der Waals surface area contributed by atoms with Crippen molar-refractivity contribution in [1.82, 2.24) is 4.90 Å². The quantitative estimate of drug-likeness (QED) is 0.746. The standard InChI is InChI=1S/C12H24N2/c1-10-3-5-11(6-4-10)12(9-13)14-7-2-8-14/h10-12H,2-9,13H2,1H3. The highest BCUT2D eigenvalue weighted by Gasteiger charge is 2.31. The monoisotopic (exact) mass is 196 g/mol. The molecule has 2 nitrogen and oxygen atoms in total. The number of rotatable bonds is 3. The first-order valence-electron chi connectivity index (χ1n) is 6.25. The van der Waals surface area contributed by atoms with Gasteiger partial charge in [-0.15, -0.1) is 0 Å². The average Bonchev–Trinajstić information content (AvgIpc) is 2.13. The van der Waals surface area contributed by atoms with Gasteiger partial charge in [0, 0.05) is 12.6 Å². The maximum Gasteiger partial charge on any atom is 0.0246 e. The summed E-state index contributed by atoms with van der Waals surface area (Å²) >= 11 is 0. The highest BCUT2D eigenvalue weighted by molar-refractivity contribution is 4.87. The molecule has 2 N–H and O–H groups in total. The molecule has 1 unspecified atom stereocenters. The maximum atomic E-state index is 5.91. The predicted molar refractivity (Wildman–Crippen MR) is 60.2 cm³/mol. The molecule has 2 heteroatoms. The average molecular weight is 196 g/mol. The Labute approximate surface area is 87.8 Å². The van der Waals surface area contributed by atoms with Crippen molar-refractivity contribution < 1.29 is 0 Å². The highest BCUT2D eigenvalue weighted by Crippen LogP contribution is 2.33. The molecule has 0 amide bonds. The maximum absolute atomic E-state index is 5.91. The second-order valence-electron chi connectivity index (χ2n) is 5.21. The Hall–Kier alpha value is -0.0800. The Kier molecular flexibility index (Phi) is 3.45. The molecule has 1 aliphatic heterocycles. The van der Waals surface area contributed by atoms with Crippen molar-refractivity contribution in [2.75, 3.05) is 19.6 Å². The molecule has 1 atom stereocenters. The molecule has 1 aliphatic carbocycles. The fraction of sp³-hybridized carbons (Fsp3) is 1.00. The number of nitrogens with zero attached hydrogens (tertiary/aromatic N) is 1. The molecular weight excluding hydrogens is 172 g/mol. The van der Waals surface area contributed by atoms with Gasteiger partial charge in [0.1, 0.15) is 0 Å². The van der Waals surface area contributed by atoms with E-state index in [1.165, 1.54) is 45.2 Å². The zero-order valence-corrected chi connectivity index (χ0v) is 9.41. The van der Waals surface area contributed by atoms with Gasteiger partial charge in [0.05, 0.1) is 0 Å². The summed E-state index contributed by atoms with van der Waals surface area (Å²) < 4.78 is 0. The van der Waals surface area contributed by atoms with Crippen LogP contribution in [0.4, 0.5) is 0 Å². The van der Waals surface area contributed by atoms with Gasteiger partial charge >= 0.3 is 0 Å². The van der Waals surface area contributed by atoms with Gasteiger partial charge in [0.25, 0.3) is 0 Å². The van der Waals surface area contributed by atoms with Gasteiger partial charge in [-0.2, -0.15) is 0 Å². The van der Waals surface area contributed by atoms with Gasteiger partial charge in [-0.3, -0.25) is 4.90 Å². The van der Waals surface area contributed by atoms with Crippen LogP contribution in [0.2, 0.25) is 0 Å². The summed E-state index contributed by atoms with van der Waals surface area (Å²) in [5.74, 6) is 1.86. The first kappa shape index (κ1) is 10.4. The van der Waals surface area contributed by atoms with Crippen molar-refractivity contribution in [3.8, 4) is 0 Å². The van der Waals surface area contributed by atoms with E-state index in [0.29, 0.717) is 6.04 Å². The molecule has 82 valence electrons. The third-order valence-corrected chi connectivity index (χ3v) is 4.21. The fourth-order valence-corrected chi connectivity index (χ4v) is 2.98.